The summed E-state index contributed by atoms with van der Waals surface area (Å²) in [5.41, 5.74) is 0.434. The number of methoxy groups -OCH3 is 1. The first-order chi connectivity index (χ1) is 9.83. The average molecular weight is 285 g/mol. The van der Waals surface area contributed by atoms with Gasteiger partial charge in [-0.3, -0.25) is 0 Å². The van der Waals surface area contributed by atoms with Crippen LogP contribution < -0.4 is 5.32 Å². The maximum atomic E-state index is 6.16. The number of hydrogen-bond donors (Lipinski definition) is 1. The molecule has 4 nitrogen and oxygen atoms in total. The maximum Gasteiger partial charge on any atom is 0.0700 e. The van der Waals surface area contributed by atoms with Crippen LogP contribution in [0.4, 0.5) is 0 Å². The van der Waals surface area contributed by atoms with Crippen molar-refractivity contribution in [1.82, 2.24) is 5.32 Å². The molecule has 2 fully saturated rings. The predicted octanol–water partition coefficient (Wildman–Crippen LogP) is 2.37. The summed E-state index contributed by atoms with van der Waals surface area (Å²) in [5.74, 6) is 0. The van der Waals surface area contributed by atoms with Crippen LogP contribution in [0.25, 0.3) is 0 Å². The van der Waals surface area contributed by atoms with Crippen molar-refractivity contribution in [1.29, 1.82) is 0 Å². The van der Waals surface area contributed by atoms with E-state index in [4.69, 9.17) is 14.2 Å². The number of ether oxygens (including phenoxy) is 3. The van der Waals surface area contributed by atoms with Crippen molar-refractivity contribution in [3.63, 3.8) is 0 Å². The fraction of sp³-hybridized carbons (Fsp3) is 1.00. The molecule has 2 rings (SSSR count). The van der Waals surface area contributed by atoms with Gasteiger partial charge >= 0.3 is 0 Å². The first kappa shape index (κ1) is 16.2. The van der Waals surface area contributed by atoms with Crippen LogP contribution in [-0.4, -0.2) is 52.7 Å². The van der Waals surface area contributed by atoms with Crippen LogP contribution >= 0.6 is 0 Å². The zero-order valence-electron chi connectivity index (χ0n) is 13.2. The molecule has 2 aliphatic rings. The highest BCUT2D eigenvalue weighted by molar-refractivity contribution is 5.08. The second-order valence-electron chi connectivity index (χ2n) is 6.19. The lowest BCUT2D eigenvalue weighted by atomic mass is 9.55. The summed E-state index contributed by atoms with van der Waals surface area (Å²) in [7, 11) is 3.80. The van der Waals surface area contributed by atoms with Crippen molar-refractivity contribution in [3.8, 4) is 0 Å². The van der Waals surface area contributed by atoms with Gasteiger partial charge < -0.3 is 19.5 Å². The second-order valence-corrected chi connectivity index (χ2v) is 6.19. The molecule has 0 aromatic heterocycles. The number of nitrogens with one attached hydrogen (secondary N) is 1. The Morgan fingerprint density at radius 2 is 1.85 bits per heavy atom. The predicted molar refractivity (Wildman–Crippen MR) is 80.0 cm³/mol. The number of hydrogen-bond acceptors (Lipinski definition) is 4. The van der Waals surface area contributed by atoms with Crippen molar-refractivity contribution in [2.75, 3.05) is 40.6 Å². The molecule has 0 bridgehead atoms. The molecular weight excluding hydrogens is 254 g/mol. The van der Waals surface area contributed by atoms with E-state index in [1.165, 1.54) is 38.5 Å². The molecule has 1 N–H and O–H groups in total. The largest absolute Gasteiger partial charge is 0.382 e. The SMILES string of the molecule is CNC1CC(OCCCOCCOC)C12CCCCC2. The highest BCUT2D eigenvalue weighted by atomic mass is 16.5. The van der Waals surface area contributed by atoms with Crippen LogP contribution in [0.5, 0.6) is 0 Å². The Hall–Kier alpha value is -0.160. The first-order valence-corrected chi connectivity index (χ1v) is 8.19. The number of rotatable bonds is 9. The molecule has 0 amide bonds. The van der Waals surface area contributed by atoms with E-state index in [-0.39, 0.29) is 0 Å². The minimum absolute atomic E-state index is 0.434. The molecule has 2 aliphatic carbocycles. The van der Waals surface area contributed by atoms with E-state index in [1.807, 2.05) is 0 Å². The third kappa shape index (κ3) is 3.73. The summed E-state index contributed by atoms with van der Waals surface area (Å²) < 4.78 is 16.6. The first-order valence-electron chi connectivity index (χ1n) is 8.19. The van der Waals surface area contributed by atoms with Crippen molar-refractivity contribution >= 4 is 0 Å². The van der Waals surface area contributed by atoms with E-state index < -0.39 is 0 Å². The Kier molecular flexibility index (Phi) is 6.75. The molecule has 2 unspecified atom stereocenters. The van der Waals surface area contributed by atoms with Gasteiger partial charge in [-0.2, -0.15) is 0 Å². The van der Waals surface area contributed by atoms with Crippen LogP contribution in [0.2, 0.25) is 0 Å². The van der Waals surface area contributed by atoms with Gasteiger partial charge in [0.1, 0.15) is 0 Å². The van der Waals surface area contributed by atoms with E-state index in [1.54, 1.807) is 7.11 Å². The lowest BCUT2D eigenvalue weighted by Gasteiger charge is -2.57. The van der Waals surface area contributed by atoms with Gasteiger partial charge in [0.15, 0.2) is 0 Å². The summed E-state index contributed by atoms with van der Waals surface area (Å²) in [6.45, 7) is 2.97. The van der Waals surface area contributed by atoms with Crippen LogP contribution in [0.1, 0.15) is 44.9 Å². The summed E-state index contributed by atoms with van der Waals surface area (Å²) in [5, 5.41) is 3.50. The fourth-order valence-electron chi connectivity index (χ4n) is 3.90. The van der Waals surface area contributed by atoms with Gasteiger partial charge in [-0.1, -0.05) is 19.3 Å². The van der Waals surface area contributed by atoms with Gasteiger partial charge in [0.25, 0.3) is 0 Å². The Morgan fingerprint density at radius 3 is 2.55 bits per heavy atom. The second kappa shape index (κ2) is 8.32. The fourth-order valence-corrected chi connectivity index (χ4v) is 3.90. The van der Waals surface area contributed by atoms with Gasteiger partial charge in [0.05, 0.1) is 19.3 Å². The minimum atomic E-state index is 0.434. The molecule has 0 saturated heterocycles. The standard InChI is InChI=1S/C16H31NO3/c1-17-14-13-15(16(14)7-4-3-5-8-16)20-10-6-9-19-12-11-18-2/h14-15,17H,3-13H2,1-2H3. The zero-order valence-corrected chi connectivity index (χ0v) is 13.2. The maximum absolute atomic E-state index is 6.16. The molecule has 0 heterocycles. The molecular formula is C16H31NO3. The van der Waals surface area contributed by atoms with E-state index >= 15 is 0 Å². The summed E-state index contributed by atoms with van der Waals surface area (Å²) >= 11 is 0. The van der Waals surface area contributed by atoms with E-state index in [0.717, 1.165) is 19.6 Å². The van der Waals surface area contributed by atoms with Crippen LogP contribution in [0.3, 0.4) is 0 Å². The summed E-state index contributed by atoms with van der Waals surface area (Å²) in [6.07, 6.45) is 9.47. The Morgan fingerprint density at radius 1 is 1.05 bits per heavy atom. The lowest BCUT2D eigenvalue weighted by molar-refractivity contribution is -0.153. The molecule has 1 spiro atoms. The van der Waals surface area contributed by atoms with Crippen molar-refractivity contribution in [2.24, 2.45) is 5.41 Å². The zero-order chi connectivity index (χ0) is 14.3. The van der Waals surface area contributed by atoms with Crippen LogP contribution in [0.15, 0.2) is 0 Å². The monoisotopic (exact) mass is 285 g/mol. The average Bonchev–Trinajstić information content (AvgIpc) is 2.49. The Bertz CT molecular complexity index is 266. The molecule has 2 atom stereocenters. The summed E-state index contributed by atoms with van der Waals surface area (Å²) in [6, 6.07) is 0.672. The van der Waals surface area contributed by atoms with Crippen LogP contribution in [0, 0.1) is 5.41 Å². The molecule has 0 aromatic carbocycles. The van der Waals surface area contributed by atoms with E-state index in [9.17, 15) is 0 Å². The normalized spacial score (nSPS) is 28.5. The summed E-state index contributed by atoms with van der Waals surface area (Å²) in [4.78, 5) is 0. The van der Waals surface area contributed by atoms with Crippen molar-refractivity contribution in [2.45, 2.75) is 57.1 Å². The quantitative estimate of drug-likeness (QED) is 0.660. The Balaban J connectivity index is 1.63. The van der Waals surface area contributed by atoms with Crippen molar-refractivity contribution < 1.29 is 14.2 Å². The van der Waals surface area contributed by atoms with Gasteiger partial charge in [-0.15, -0.1) is 0 Å². The van der Waals surface area contributed by atoms with Crippen LogP contribution in [-0.2, 0) is 14.2 Å². The highest BCUT2D eigenvalue weighted by Gasteiger charge is 2.54. The van der Waals surface area contributed by atoms with E-state index in [0.29, 0.717) is 30.8 Å². The molecule has 118 valence electrons. The van der Waals surface area contributed by atoms with Gasteiger partial charge in [-0.25, -0.2) is 0 Å². The van der Waals surface area contributed by atoms with E-state index in [2.05, 4.69) is 12.4 Å². The molecule has 4 heteroatoms. The van der Waals surface area contributed by atoms with Gasteiger partial charge in [-0.05, 0) is 32.7 Å². The molecule has 2 saturated carbocycles. The van der Waals surface area contributed by atoms with Gasteiger partial charge in [0, 0.05) is 31.8 Å². The van der Waals surface area contributed by atoms with Crippen molar-refractivity contribution in [3.05, 3.63) is 0 Å². The lowest BCUT2D eigenvalue weighted by Crippen LogP contribution is -2.63. The van der Waals surface area contributed by atoms with Gasteiger partial charge in [0.2, 0.25) is 0 Å². The molecule has 20 heavy (non-hydrogen) atoms. The topological polar surface area (TPSA) is 39.7 Å². The molecule has 0 aliphatic heterocycles. The molecule has 0 aromatic rings. The third-order valence-electron chi connectivity index (χ3n) is 5.10. The highest BCUT2D eigenvalue weighted by Crippen LogP contribution is 2.53. The molecule has 0 radical (unpaired) electrons. The third-order valence-corrected chi connectivity index (χ3v) is 5.10. The Labute approximate surface area is 123 Å². The smallest absolute Gasteiger partial charge is 0.0700 e. The minimum Gasteiger partial charge on any atom is -0.382 e.